The van der Waals surface area contributed by atoms with Gasteiger partial charge in [0.15, 0.2) is 6.10 Å². The average Bonchev–Trinajstić information content (AvgIpc) is 3.39. The number of halogens is 3. The Bertz CT molecular complexity index is 1610. The van der Waals surface area contributed by atoms with Gasteiger partial charge in [-0.15, -0.1) is 0 Å². The van der Waals surface area contributed by atoms with Gasteiger partial charge in [-0.25, -0.2) is 0 Å². The Morgan fingerprint density at radius 3 is 2.44 bits per heavy atom. The van der Waals surface area contributed by atoms with Crippen molar-refractivity contribution in [2.24, 2.45) is 5.16 Å². The van der Waals surface area contributed by atoms with Crippen molar-refractivity contribution in [2.45, 2.75) is 18.7 Å². The number of aromatic nitrogens is 1. The van der Waals surface area contributed by atoms with Gasteiger partial charge in [-0.1, -0.05) is 59.8 Å². The highest BCUT2D eigenvalue weighted by Crippen LogP contribution is 2.34. The summed E-state index contributed by atoms with van der Waals surface area (Å²) in [7, 11) is 0. The number of pyridine rings is 1. The van der Waals surface area contributed by atoms with E-state index in [4.69, 9.17) is 4.84 Å². The summed E-state index contributed by atoms with van der Waals surface area (Å²) in [6.07, 6.45) is -2.37. The van der Waals surface area contributed by atoms with Crippen LogP contribution < -0.4 is 5.32 Å². The molecule has 0 radical (unpaired) electrons. The van der Waals surface area contributed by atoms with E-state index in [0.717, 1.165) is 34.7 Å². The second-order valence-electron chi connectivity index (χ2n) is 8.73. The second kappa shape index (κ2) is 8.68. The molecular weight excluding hydrogens is 463 g/mol. The van der Waals surface area contributed by atoms with Gasteiger partial charge in [0.1, 0.15) is 0 Å². The number of oxime groups is 1. The number of rotatable bonds is 4. The molecule has 0 aliphatic carbocycles. The van der Waals surface area contributed by atoms with Crippen molar-refractivity contribution in [3.8, 4) is 0 Å². The van der Waals surface area contributed by atoms with Crippen LogP contribution in [0.4, 0.5) is 24.5 Å². The minimum Gasteiger partial charge on any atom is -0.387 e. The van der Waals surface area contributed by atoms with E-state index in [1.165, 1.54) is 23.0 Å². The van der Waals surface area contributed by atoms with Crippen LogP contribution in [0.15, 0.2) is 102 Å². The zero-order chi connectivity index (χ0) is 24.7. The van der Waals surface area contributed by atoms with E-state index in [1.54, 1.807) is 6.07 Å². The van der Waals surface area contributed by atoms with Crippen molar-refractivity contribution in [3.63, 3.8) is 0 Å². The average molecular weight is 483 g/mol. The Labute approximate surface area is 205 Å². The molecule has 4 nitrogen and oxygen atoms in total. The van der Waals surface area contributed by atoms with Gasteiger partial charge in [-0.2, -0.15) is 13.2 Å². The van der Waals surface area contributed by atoms with E-state index in [2.05, 4.69) is 45.8 Å². The van der Waals surface area contributed by atoms with Crippen molar-refractivity contribution in [2.75, 3.05) is 5.32 Å². The number of anilines is 2. The lowest BCUT2D eigenvalue weighted by Gasteiger charge is -2.12. The third-order valence-corrected chi connectivity index (χ3v) is 6.38. The molecule has 4 aromatic carbocycles. The zero-order valence-electron chi connectivity index (χ0n) is 19.0. The monoisotopic (exact) mass is 483 g/mol. The van der Waals surface area contributed by atoms with Crippen molar-refractivity contribution in [1.29, 1.82) is 0 Å². The highest BCUT2D eigenvalue weighted by molar-refractivity contribution is 6.02. The van der Waals surface area contributed by atoms with Crippen LogP contribution in [-0.4, -0.2) is 10.7 Å². The van der Waals surface area contributed by atoms with E-state index in [0.29, 0.717) is 17.5 Å². The van der Waals surface area contributed by atoms with E-state index in [1.807, 2.05) is 36.4 Å². The highest BCUT2D eigenvalue weighted by atomic mass is 19.4. The van der Waals surface area contributed by atoms with Gasteiger partial charge in [0.2, 0.25) is 0 Å². The summed E-state index contributed by atoms with van der Waals surface area (Å²) in [5, 5.41) is 10.6. The van der Waals surface area contributed by atoms with Gasteiger partial charge in [-0.05, 0) is 58.3 Å². The van der Waals surface area contributed by atoms with Gasteiger partial charge in [0, 0.05) is 29.4 Å². The second-order valence-corrected chi connectivity index (χ2v) is 8.73. The molecule has 0 fully saturated rings. The minimum absolute atomic E-state index is 0.132. The molecule has 0 bridgehead atoms. The summed E-state index contributed by atoms with van der Waals surface area (Å²) >= 11 is 0. The molecule has 178 valence electrons. The standard InChI is InChI=1S/C29H20F3N3O/c30-29(31,32)22-9-12-24-25(13-14-33-27(24)16-22)34-23-10-7-19(8-11-23)26-17-28(36-35-26)21-6-5-18-3-1-2-4-20(18)15-21/h1-16,28H,17H2,(H,33,34). The van der Waals surface area contributed by atoms with Crippen LogP contribution in [0.1, 0.15) is 29.2 Å². The summed E-state index contributed by atoms with van der Waals surface area (Å²) in [6, 6.07) is 27.6. The summed E-state index contributed by atoms with van der Waals surface area (Å²) in [5.74, 6) is 0. The molecule has 1 atom stereocenters. The first-order chi connectivity index (χ1) is 17.4. The van der Waals surface area contributed by atoms with E-state index in [9.17, 15) is 13.2 Å². The Hall–Kier alpha value is -4.39. The number of hydrogen-bond donors (Lipinski definition) is 1. The highest BCUT2D eigenvalue weighted by Gasteiger charge is 2.30. The van der Waals surface area contributed by atoms with Crippen molar-refractivity contribution < 1.29 is 18.0 Å². The fourth-order valence-electron chi connectivity index (χ4n) is 4.47. The van der Waals surface area contributed by atoms with Crippen LogP contribution in [0.2, 0.25) is 0 Å². The molecule has 5 aromatic rings. The Morgan fingerprint density at radius 1 is 0.833 bits per heavy atom. The quantitative estimate of drug-likeness (QED) is 0.282. The SMILES string of the molecule is FC(F)(F)c1ccc2c(Nc3ccc(C4=NOC(c5ccc6ccccc6c5)C4)cc3)ccnc2c1. The molecule has 1 aliphatic rings. The van der Waals surface area contributed by atoms with Crippen molar-refractivity contribution in [1.82, 2.24) is 4.98 Å². The van der Waals surface area contributed by atoms with Gasteiger partial charge in [0.25, 0.3) is 0 Å². The lowest BCUT2D eigenvalue weighted by Crippen LogP contribution is -2.05. The number of benzene rings is 4. The Balaban J connectivity index is 1.18. The summed E-state index contributed by atoms with van der Waals surface area (Å²) < 4.78 is 39.1. The lowest BCUT2D eigenvalue weighted by atomic mass is 9.98. The first-order valence-electron chi connectivity index (χ1n) is 11.5. The van der Waals surface area contributed by atoms with Gasteiger partial charge < -0.3 is 10.2 Å². The summed E-state index contributed by atoms with van der Waals surface area (Å²) in [5.41, 5.74) is 3.96. The van der Waals surface area contributed by atoms with Crippen LogP contribution in [0.3, 0.4) is 0 Å². The molecule has 0 amide bonds. The maximum Gasteiger partial charge on any atom is 0.416 e. The molecule has 1 aliphatic heterocycles. The van der Waals surface area contributed by atoms with Crippen LogP contribution in [0.5, 0.6) is 0 Å². The largest absolute Gasteiger partial charge is 0.416 e. The third kappa shape index (κ3) is 4.24. The first kappa shape index (κ1) is 22.1. The summed E-state index contributed by atoms with van der Waals surface area (Å²) in [6.45, 7) is 0. The number of fused-ring (bicyclic) bond motifs is 2. The molecule has 0 saturated carbocycles. The van der Waals surface area contributed by atoms with Gasteiger partial charge in [0.05, 0.1) is 16.8 Å². The van der Waals surface area contributed by atoms with Crippen molar-refractivity contribution in [3.05, 3.63) is 114 Å². The maximum atomic E-state index is 13.0. The topological polar surface area (TPSA) is 46.5 Å². The number of nitrogens with one attached hydrogen (secondary N) is 1. The molecular formula is C29H20F3N3O. The molecule has 2 heterocycles. The normalized spacial score (nSPS) is 15.6. The fraction of sp³-hybridized carbons (Fsp3) is 0.103. The Morgan fingerprint density at radius 2 is 1.64 bits per heavy atom. The van der Waals surface area contributed by atoms with Crippen LogP contribution in [0, 0.1) is 0 Å². The lowest BCUT2D eigenvalue weighted by molar-refractivity contribution is -0.137. The first-order valence-corrected chi connectivity index (χ1v) is 11.5. The van der Waals surface area contributed by atoms with Crippen LogP contribution >= 0.6 is 0 Å². The molecule has 1 unspecified atom stereocenters. The maximum absolute atomic E-state index is 13.0. The molecule has 6 rings (SSSR count). The minimum atomic E-state index is -4.41. The molecule has 1 N–H and O–H groups in total. The van der Waals surface area contributed by atoms with E-state index in [-0.39, 0.29) is 11.6 Å². The third-order valence-electron chi connectivity index (χ3n) is 6.38. The predicted octanol–water partition coefficient (Wildman–Crippen LogP) is 8.02. The molecule has 0 spiro atoms. The van der Waals surface area contributed by atoms with Gasteiger partial charge in [-0.3, -0.25) is 4.98 Å². The van der Waals surface area contributed by atoms with Crippen molar-refractivity contribution >= 4 is 38.8 Å². The number of alkyl halides is 3. The van der Waals surface area contributed by atoms with E-state index < -0.39 is 11.7 Å². The number of nitrogens with zero attached hydrogens (tertiary/aromatic N) is 2. The predicted molar refractivity (Wildman–Crippen MR) is 135 cm³/mol. The molecule has 36 heavy (non-hydrogen) atoms. The molecule has 0 saturated heterocycles. The number of hydrogen-bond acceptors (Lipinski definition) is 4. The van der Waals surface area contributed by atoms with E-state index >= 15 is 0 Å². The summed E-state index contributed by atoms with van der Waals surface area (Å²) in [4.78, 5) is 9.85. The smallest absolute Gasteiger partial charge is 0.387 e. The fourth-order valence-corrected chi connectivity index (χ4v) is 4.47. The van der Waals surface area contributed by atoms with Gasteiger partial charge >= 0.3 is 6.18 Å². The molecule has 1 aromatic heterocycles. The zero-order valence-corrected chi connectivity index (χ0v) is 19.0. The Kier molecular flexibility index (Phi) is 5.33. The molecule has 7 heteroatoms. The van der Waals surface area contributed by atoms with Crippen LogP contribution in [0.25, 0.3) is 21.7 Å². The van der Waals surface area contributed by atoms with Crippen LogP contribution in [-0.2, 0) is 11.0 Å².